The lowest BCUT2D eigenvalue weighted by molar-refractivity contribution is -0.0431. The molecule has 2 aromatic rings. The minimum atomic E-state index is -0.711. The SMILES string of the molecule is CC1(C)Oc2ccc(NC(=O)c3c[nH]c4c3C(=O)CCC4)cc2O1. The Bertz CT molecular complexity index is 851. The number of carbonyl (C=O) groups excluding carboxylic acids is 2. The Balaban J connectivity index is 1.58. The smallest absolute Gasteiger partial charge is 0.257 e. The number of fused-ring (bicyclic) bond motifs is 2. The molecule has 6 nitrogen and oxygen atoms in total. The van der Waals surface area contributed by atoms with E-state index in [-0.39, 0.29) is 11.7 Å². The third-order valence-corrected chi connectivity index (χ3v) is 4.23. The van der Waals surface area contributed by atoms with Gasteiger partial charge in [-0.15, -0.1) is 0 Å². The number of nitrogens with one attached hydrogen (secondary N) is 2. The van der Waals surface area contributed by atoms with Crippen LogP contribution in [0.4, 0.5) is 5.69 Å². The normalized spacial score (nSPS) is 17.5. The van der Waals surface area contributed by atoms with Crippen molar-refractivity contribution in [3.8, 4) is 11.5 Å². The molecule has 124 valence electrons. The molecule has 0 atom stereocenters. The lowest BCUT2D eigenvalue weighted by Gasteiger charge is -2.16. The molecule has 0 fully saturated rings. The van der Waals surface area contributed by atoms with E-state index in [1.54, 1.807) is 24.4 Å². The van der Waals surface area contributed by atoms with Gasteiger partial charge in [0.05, 0.1) is 11.1 Å². The van der Waals surface area contributed by atoms with Crippen molar-refractivity contribution in [1.29, 1.82) is 0 Å². The summed E-state index contributed by atoms with van der Waals surface area (Å²) in [5.74, 6) is 0.241. The number of carbonyl (C=O) groups is 2. The Morgan fingerprint density at radius 1 is 1.21 bits per heavy atom. The molecule has 1 amide bonds. The van der Waals surface area contributed by atoms with Crippen molar-refractivity contribution in [2.75, 3.05) is 5.32 Å². The zero-order chi connectivity index (χ0) is 16.9. The second-order valence-electron chi connectivity index (χ2n) is 6.55. The highest BCUT2D eigenvalue weighted by atomic mass is 16.7. The molecule has 0 bridgehead atoms. The predicted octanol–water partition coefficient (Wildman–Crippen LogP) is 3.29. The summed E-state index contributed by atoms with van der Waals surface area (Å²) in [5, 5.41) is 2.83. The van der Waals surface area contributed by atoms with Crippen LogP contribution < -0.4 is 14.8 Å². The molecule has 1 aromatic heterocycles. The minimum Gasteiger partial charge on any atom is -0.449 e. The average molecular weight is 326 g/mol. The van der Waals surface area contributed by atoms with Gasteiger partial charge in [0, 0.05) is 43.9 Å². The van der Waals surface area contributed by atoms with E-state index in [1.807, 2.05) is 13.8 Å². The van der Waals surface area contributed by atoms with E-state index in [0.717, 1.165) is 18.5 Å². The lowest BCUT2D eigenvalue weighted by Crippen LogP contribution is -2.29. The molecule has 0 saturated heterocycles. The van der Waals surface area contributed by atoms with Crippen LogP contribution in [0.5, 0.6) is 11.5 Å². The molecule has 0 spiro atoms. The molecule has 0 radical (unpaired) electrons. The van der Waals surface area contributed by atoms with Crippen LogP contribution >= 0.6 is 0 Å². The number of hydrogen-bond donors (Lipinski definition) is 2. The third kappa shape index (κ3) is 2.44. The summed E-state index contributed by atoms with van der Waals surface area (Å²) < 4.78 is 11.3. The molecule has 24 heavy (non-hydrogen) atoms. The molecule has 1 aliphatic carbocycles. The van der Waals surface area contributed by atoms with Crippen LogP contribution in [0.2, 0.25) is 0 Å². The van der Waals surface area contributed by atoms with Gasteiger partial charge in [-0.05, 0) is 25.0 Å². The standard InChI is InChI=1S/C18H18N2O4/c1-18(2)23-14-7-6-10(8-15(14)24-18)20-17(22)11-9-19-12-4-3-5-13(21)16(11)12/h6-9,19H,3-5H2,1-2H3,(H,20,22). The molecule has 1 aromatic carbocycles. The van der Waals surface area contributed by atoms with Gasteiger partial charge < -0.3 is 19.8 Å². The van der Waals surface area contributed by atoms with E-state index in [4.69, 9.17) is 9.47 Å². The predicted molar refractivity (Wildman–Crippen MR) is 87.8 cm³/mol. The van der Waals surface area contributed by atoms with Gasteiger partial charge >= 0.3 is 0 Å². The van der Waals surface area contributed by atoms with Crippen molar-refractivity contribution in [3.63, 3.8) is 0 Å². The third-order valence-electron chi connectivity index (χ3n) is 4.23. The van der Waals surface area contributed by atoms with Crippen molar-refractivity contribution in [2.45, 2.75) is 38.9 Å². The maximum absolute atomic E-state index is 12.6. The number of H-pyrrole nitrogens is 1. The molecule has 0 saturated carbocycles. The summed E-state index contributed by atoms with van der Waals surface area (Å²) in [6.07, 6.45) is 3.72. The Kier molecular flexibility index (Phi) is 3.16. The number of rotatable bonds is 2. The lowest BCUT2D eigenvalue weighted by atomic mass is 9.93. The van der Waals surface area contributed by atoms with Crippen molar-refractivity contribution in [1.82, 2.24) is 4.98 Å². The maximum Gasteiger partial charge on any atom is 0.257 e. The molecule has 2 heterocycles. The summed E-state index contributed by atoms with van der Waals surface area (Å²) >= 11 is 0. The summed E-state index contributed by atoms with van der Waals surface area (Å²) in [6, 6.07) is 5.24. The topological polar surface area (TPSA) is 80.4 Å². The Hall–Kier alpha value is -2.76. The highest BCUT2D eigenvalue weighted by Crippen LogP contribution is 2.40. The van der Waals surface area contributed by atoms with Gasteiger partial charge in [0.1, 0.15) is 0 Å². The van der Waals surface area contributed by atoms with E-state index in [1.165, 1.54) is 0 Å². The van der Waals surface area contributed by atoms with Crippen LogP contribution in [0.15, 0.2) is 24.4 Å². The van der Waals surface area contributed by atoms with E-state index in [9.17, 15) is 9.59 Å². The van der Waals surface area contributed by atoms with Gasteiger partial charge in [0.15, 0.2) is 17.3 Å². The van der Waals surface area contributed by atoms with Crippen LogP contribution in [0.25, 0.3) is 0 Å². The van der Waals surface area contributed by atoms with Crippen molar-refractivity contribution < 1.29 is 19.1 Å². The van der Waals surface area contributed by atoms with Gasteiger partial charge in [-0.3, -0.25) is 9.59 Å². The fourth-order valence-electron chi connectivity index (χ4n) is 3.21. The number of benzene rings is 1. The van der Waals surface area contributed by atoms with Crippen LogP contribution in [-0.2, 0) is 6.42 Å². The molecular weight excluding hydrogens is 308 g/mol. The summed E-state index contributed by atoms with van der Waals surface area (Å²) in [7, 11) is 0. The highest BCUT2D eigenvalue weighted by molar-refractivity contribution is 6.13. The van der Waals surface area contributed by atoms with Gasteiger partial charge in [0.2, 0.25) is 5.79 Å². The number of aryl methyl sites for hydroxylation is 1. The zero-order valence-corrected chi connectivity index (χ0v) is 13.6. The first kappa shape index (κ1) is 14.8. The van der Waals surface area contributed by atoms with Crippen LogP contribution in [0.1, 0.15) is 53.1 Å². The summed E-state index contributed by atoms with van der Waals surface area (Å²) in [4.78, 5) is 27.7. The van der Waals surface area contributed by atoms with Gasteiger partial charge in [-0.1, -0.05) is 0 Å². The Morgan fingerprint density at radius 3 is 2.83 bits per heavy atom. The molecule has 2 aliphatic rings. The van der Waals surface area contributed by atoms with E-state index in [0.29, 0.717) is 34.7 Å². The van der Waals surface area contributed by atoms with Gasteiger partial charge in [-0.25, -0.2) is 0 Å². The Morgan fingerprint density at radius 2 is 2.00 bits per heavy atom. The highest BCUT2D eigenvalue weighted by Gasteiger charge is 2.32. The number of ketones is 1. The average Bonchev–Trinajstić information content (AvgIpc) is 3.07. The van der Waals surface area contributed by atoms with E-state index >= 15 is 0 Å². The van der Waals surface area contributed by atoms with Gasteiger partial charge in [-0.2, -0.15) is 0 Å². The monoisotopic (exact) mass is 326 g/mol. The first-order chi connectivity index (χ1) is 11.4. The minimum absolute atomic E-state index is 0.0232. The number of aromatic nitrogens is 1. The largest absolute Gasteiger partial charge is 0.449 e. The number of amides is 1. The van der Waals surface area contributed by atoms with Crippen LogP contribution in [0.3, 0.4) is 0 Å². The molecule has 0 unspecified atom stereocenters. The summed E-state index contributed by atoms with van der Waals surface area (Å²) in [6.45, 7) is 3.64. The molecule has 6 heteroatoms. The first-order valence-electron chi connectivity index (χ1n) is 8.00. The molecule has 2 N–H and O–H groups in total. The number of anilines is 1. The Labute approximate surface area is 139 Å². The molecular formula is C18H18N2O4. The second-order valence-corrected chi connectivity index (χ2v) is 6.55. The van der Waals surface area contributed by atoms with Gasteiger partial charge in [0.25, 0.3) is 5.91 Å². The molecule has 1 aliphatic heterocycles. The number of ether oxygens (including phenoxy) is 2. The van der Waals surface area contributed by atoms with E-state index in [2.05, 4.69) is 10.3 Å². The fraction of sp³-hybridized carbons (Fsp3) is 0.333. The fourth-order valence-corrected chi connectivity index (χ4v) is 3.21. The number of Topliss-reactive ketones (excluding diaryl/α,β-unsaturated/α-hetero) is 1. The van der Waals surface area contributed by atoms with Crippen molar-refractivity contribution in [3.05, 3.63) is 41.2 Å². The van der Waals surface area contributed by atoms with E-state index < -0.39 is 5.79 Å². The number of aromatic amines is 1. The maximum atomic E-state index is 12.6. The van der Waals surface area contributed by atoms with Crippen LogP contribution in [-0.4, -0.2) is 22.5 Å². The zero-order valence-electron chi connectivity index (χ0n) is 13.6. The van der Waals surface area contributed by atoms with Crippen molar-refractivity contribution in [2.24, 2.45) is 0 Å². The second kappa shape index (κ2) is 5.12. The number of hydrogen-bond acceptors (Lipinski definition) is 4. The summed E-state index contributed by atoms with van der Waals surface area (Å²) in [5.41, 5.74) is 2.37. The molecule has 4 rings (SSSR count). The van der Waals surface area contributed by atoms with Crippen LogP contribution in [0, 0.1) is 0 Å². The van der Waals surface area contributed by atoms with Crippen molar-refractivity contribution >= 4 is 17.4 Å². The first-order valence-corrected chi connectivity index (χ1v) is 8.00. The quantitative estimate of drug-likeness (QED) is 0.887.